The van der Waals surface area contributed by atoms with E-state index < -0.39 is 0 Å². The third-order valence-electron chi connectivity index (χ3n) is 6.53. The molecule has 0 amide bonds. The molecule has 0 unspecified atom stereocenters. The van der Waals surface area contributed by atoms with Crippen molar-refractivity contribution < 1.29 is 9.47 Å². The van der Waals surface area contributed by atoms with Crippen LogP contribution in [-0.2, 0) is 0 Å². The van der Waals surface area contributed by atoms with Crippen LogP contribution in [-0.4, -0.2) is 11.6 Å². The maximum atomic E-state index is 6.76. The van der Waals surface area contributed by atoms with Crippen molar-refractivity contribution >= 4 is 21.7 Å². The summed E-state index contributed by atoms with van der Waals surface area (Å²) in [5, 5.41) is 3.38. The minimum atomic E-state index is -0.215. The fourth-order valence-corrected chi connectivity index (χ4v) is 4.88. The molecule has 1 N–H and O–H groups in total. The Labute approximate surface area is 210 Å². The highest BCUT2D eigenvalue weighted by atomic mass is 16.5. The molecule has 6 rings (SSSR count). The molecule has 176 valence electrons. The molecule has 3 heteroatoms. The van der Waals surface area contributed by atoms with Crippen molar-refractivity contribution in [2.75, 3.05) is 6.61 Å². The molecule has 3 nitrogen and oxygen atoms in total. The zero-order valence-electron chi connectivity index (χ0n) is 20.1. The van der Waals surface area contributed by atoms with Gasteiger partial charge in [0.15, 0.2) is 0 Å². The molecule has 0 aliphatic heterocycles. The van der Waals surface area contributed by atoms with Crippen molar-refractivity contribution in [2.24, 2.45) is 0 Å². The van der Waals surface area contributed by atoms with E-state index in [1.165, 1.54) is 5.39 Å². The van der Waals surface area contributed by atoms with Crippen LogP contribution in [0.3, 0.4) is 0 Å². The Morgan fingerprint density at radius 3 is 2.06 bits per heavy atom. The van der Waals surface area contributed by atoms with Crippen LogP contribution in [0.15, 0.2) is 121 Å². The van der Waals surface area contributed by atoms with Gasteiger partial charge in [0.2, 0.25) is 0 Å². The van der Waals surface area contributed by atoms with Gasteiger partial charge in [-0.3, -0.25) is 0 Å². The summed E-state index contributed by atoms with van der Waals surface area (Å²) >= 11 is 0. The Kier molecular flexibility index (Phi) is 5.88. The normalized spacial score (nSPS) is 11.3. The summed E-state index contributed by atoms with van der Waals surface area (Å²) in [5.41, 5.74) is 5.34. The number of H-pyrrole nitrogens is 1. The molecule has 6 aromatic rings. The molecule has 36 heavy (non-hydrogen) atoms. The molecule has 0 saturated carbocycles. The van der Waals surface area contributed by atoms with Gasteiger partial charge in [0, 0.05) is 16.5 Å². The first kappa shape index (κ1) is 22.0. The van der Waals surface area contributed by atoms with Gasteiger partial charge in [-0.15, -0.1) is 0 Å². The van der Waals surface area contributed by atoms with Gasteiger partial charge in [-0.2, -0.15) is 0 Å². The third kappa shape index (κ3) is 4.09. The molecule has 0 radical (unpaired) electrons. The van der Waals surface area contributed by atoms with Crippen molar-refractivity contribution in [3.8, 4) is 22.8 Å². The topological polar surface area (TPSA) is 34.2 Å². The van der Waals surface area contributed by atoms with Crippen LogP contribution >= 0.6 is 0 Å². The van der Waals surface area contributed by atoms with Gasteiger partial charge in [-0.25, -0.2) is 0 Å². The summed E-state index contributed by atoms with van der Waals surface area (Å²) < 4.78 is 12.8. The number of rotatable bonds is 7. The highest BCUT2D eigenvalue weighted by molar-refractivity contribution is 6.02. The van der Waals surface area contributed by atoms with E-state index in [1.807, 2.05) is 31.2 Å². The number of ether oxygens (including phenoxy) is 2. The van der Waals surface area contributed by atoms with Crippen LogP contribution in [0.5, 0.6) is 11.5 Å². The molecule has 0 aliphatic carbocycles. The summed E-state index contributed by atoms with van der Waals surface area (Å²) in [6.07, 6.45) is -0.215. The van der Waals surface area contributed by atoms with E-state index in [0.29, 0.717) is 6.61 Å². The molecular formula is C33H27NO2. The second-order valence-corrected chi connectivity index (χ2v) is 8.81. The van der Waals surface area contributed by atoms with Crippen LogP contribution in [0.4, 0.5) is 0 Å². The van der Waals surface area contributed by atoms with E-state index >= 15 is 0 Å². The fraction of sp³-hybridized carbons (Fsp3) is 0.0909. The first-order valence-corrected chi connectivity index (χ1v) is 12.3. The largest absolute Gasteiger partial charge is 0.493 e. The van der Waals surface area contributed by atoms with Crippen LogP contribution in [0, 0.1) is 0 Å². The first-order chi connectivity index (χ1) is 17.8. The van der Waals surface area contributed by atoms with Gasteiger partial charge in [0.05, 0.1) is 12.3 Å². The van der Waals surface area contributed by atoms with Crippen molar-refractivity contribution in [1.29, 1.82) is 0 Å². The molecule has 0 bridgehead atoms. The Hall–Kier alpha value is -4.50. The fourth-order valence-electron chi connectivity index (χ4n) is 4.88. The Morgan fingerprint density at radius 2 is 1.33 bits per heavy atom. The minimum absolute atomic E-state index is 0.215. The van der Waals surface area contributed by atoms with Gasteiger partial charge >= 0.3 is 0 Å². The van der Waals surface area contributed by atoms with Crippen molar-refractivity contribution in [3.05, 3.63) is 132 Å². The molecule has 5 aromatic carbocycles. The molecule has 1 heterocycles. The Balaban J connectivity index is 1.48. The average Bonchev–Trinajstić information content (AvgIpc) is 3.37. The lowest BCUT2D eigenvalue weighted by Gasteiger charge is -2.20. The zero-order chi connectivity index (χ0) is 24.3. The van der Waals surface area contributed by atoms with E-state index in [0.717, 1.165) is 50.2 Å². The highest BCUT2D eigenvalue weighted by Gasteiger charge is 2.19. The monoisotopic (exact) mass is 469 g/mol. The molecule has 0 spiro atoms. The maximum Gasteiger partial charge on any atom is 0.149 e. The lowest BCUT2D eigenvalue weighted by atomic mass is 10.0. The molecule has 0 saturated heterocycles. The molecule has 0 atom stereocenters. The first-order valence-electron chi connectivity index (χ1n) is 12.3. The summed E-state index contributed by atoms with van der Waals surface area (Å²) in [6, 6.07) is 41.7. The average molecular weight is 470 g/mol. The number of fused-ring (bicyclic) bond motifs is 2. The molecule has 1 aromatic heterocycles. The van der Waals surface area contributed by atoms with Crippen LogP contribution in [0.2, 0.25) is 0 Å². The van der Waals surface area contributed by atoms with Crippen molar-refractivity contribution in [2.45, 2.75) is 13.0 Å². The van der Waals surface area contributed by atoms with Gasteiger partial charge < -0.3 is 14.5 Å². The highest BCUT2D eigenvalue weighted by Crippen LogP contribution is 2.40. The van der Waals surface area contributed by atoms with Gasteiger partial charge in [-0.1, -0.05) is 97.1 Å². The standard InChI is InChI=1S/C33H27NO2/c1-2-35-31-21-20-23-12-9-10-17-26(23)32(31)29-22-27-28(34-29)18-11-19-30(27)36-33(24-13-5-3-6-14-24)25-15-7-4-8-16-25/h3-22,33-34H,2H2,1H3. The van der Waals surface area contributed by atoms with Crippen LogP contribution in [0.1, 0.15) is 24.2 Å². The van der Waals surface area contributed by atoms with Gasteiger partial charge in [0.25, 0.3) is 0 Å². The number of nitrogens with one attached hydrogen (secondary N) is 1. The zero-order valence-corrected chi connectivity index (χ0v) is 20.1. The predicted octanol–water partition coefficient (Wildman–Crippen LogP) is 8.56. The SMILES string of the molecule is CCOc1ccc2ccccc2c1-c1cc2c(OC(c3ccccc3)c3ccccc3)cccc2[nH]1. The van der Waals surface area contributed by atoms with E-state index in [-0.39, 0.29) is 6.10 Å². The van der Waals surface area contributed by atoms with Crippen molar-refractivity contribution in [1.82, 2.24) is 4.98 Å². The molecular weight excluding hydrogens is 442 g/mol. The van der Waals surface area contributed by atoms with Gasteiger partial charge in [0.1, 0.15) is 17.6 Å². The summed E-state index contributed by atoms with van der Waals surface area (Å²) in [5.74, 6) is 1.71. The van der Waals surface area contributed by atoms with Gasteiger partial charge in [-0.05, 0) is 53.1 Å². The van der Waals surface area contributed by atoms with Crippen LogP contribution in [0.25, 0.3) is 32.9 Å². The van der Waals surface area contributed by atoms with Crippen molar-refractivity contribution in [3.63, 3.8) is 0 Å². The number of aromatic nitrogens is 1. The van der Waals surface area contributed by atoms with E-state index in [1.54, 1.807) is 0 Å². The number of benzene rings is 5. The summed E-state index contributed by atoms with van der Waals surface area (Å²) in [4.78, 5) is 3.64. The quantitative estimate of drug-likeness (QED) is 0.254. The lowest BCUT2D eigenvalue weighted by Crippen LogP contribution is -2.09. The van der Waals surface area contributed by atoms with Crippen LogP contribution < -0.4 is 9.47 Å². The second kappa shape index (κ2) is 9.63. The smallest absolute Gasteiger partial charge is 0.149 e. The number of aromatic amines is 1. The Bertz CT molecular complexity index is 1580. The lowest BCUT2D eigenvalue weighted by molar-refractivity contribution is 0.250. The van der Waals surface area contributed by atoms with E-state index in [9.17, 15) is 0 Å². The maximum absolute atomic E-state index is 6.76. The van der Waals surface area contributed by atoms with E-state index in [2.05, 4.69) is 102 Å². The number of hydrogen-bond donors (Lipinski definition) is 1. The summed E-state index contributed by atoms with van der Waals surface area (Å²) in [7, 11) is 0. The third-order valence-corrected chi connectivity index (χ3v) is 6.53. The Morgan fingerprint density at radius 1 is 0.639 bits per heavy atom. The summed E-state index contributed by atoms with van der Waals surface area (Å²) in [6.45, 7) is 2.62. The number of hydrogen-bond acceptors (Lipinski definition) is 2. The predicted molar refractivity (Wildman–Crippen MR) is 148 cm³/mol. The molecule has 0 fully saturated rings. The van der Waals surface area contributed by atoms with E-state index in [4.69, 9.17) is 9.47 Å². The second-order valence-electron chi connectivity index (χ2n) is 8.81. The molecule has 0 aliphatic rings. The minimum Gasteiger partial charge on any atom is -0.493 e.